The monoisotopic (exact) mass is 284 g/mol. The highest BCUT2D eigenvalue weighted by molar-refractivity contribution is 7.14. The van der Waals surface area contributed by atoms with Crippen LogP contribution in [0.5, 0.6) is 0 Å². The standard InChI is InChI=1S/C13H12N6S/c1-8(10-6-19-13(17-10)20-7-15-19)16-11-3-2-9-4-5-14-12(9)18-11/h2-8H,1H3,(H2,14,16,18)/t8-/m1/s1. The van der Waals surface area contributed by atoms with Crippen LogP contribution >= 0.6 is 11.3 Å². The number of rotatable bonds is 3. The van der Waals surface area contributed by atoms with Gasteiger partial charge < -0.3 is 10.3 Å². The lowest BCUT2D eigenvalue weighted by Gasteiger charge is -2.11. The topological polar surface area (TPSA) is 70.9 Å². The summed E-state index contributed by atoms with van der Waals surface area (Å²) in [4.78, 5) is 13.1. The van der Waals surface area contributed by atoms with Crippen LogP contribution in [0.1, 0.15) is 18.7 Å². The van der Waals surface area contributed by atoms with Crippen LogP contribution in [-0.4, -0.2) is 24.6 Å². The molecule has 0 aliphatic rings. The average molecular weight is 284 g/mol. The molecule has 0 aliphatic heterocycles. The van der Waals surface area contributed by atoms with E-state index in [-0.39, 0.29) is 6.04 Å². The number of aromatic nitrogens is 5. The number of aromatic amines is 1. The molecular weight excluding hydrogens is 272 g/mol. The Bertz CT molecular complexity index is 845. The van der Waals surface area contributed by atoms with Crippen molar-refractivity contribution in [3.63, 3.8) is 0 Å². The molecule has 4 aromatic rings. The molecule has 100 valence electrons. The maximum absolute atomic E-state index is 4.54. The highest BCUT2D eigenvalue weighted by Crippen LogP contribution is 2.20. The Labute approximate surface area is 118 Å². The van der Waals surface area contributed by atoms with Gasteiger partial charge in [-0.2, -0.15) is 5.10 Å². The maximum atomic E-state index is 4.54. The van der Waals surface area contributed by atoms with Crippen molar-refractivity contribution in [2.45, 2.75) is 13.0 Å². The first-order valence-electron chi connectivity index (χ1n) is 6.29. The van der Waals surface area contributed by atoms with Crippen molar-refractivity contribution in [1.82, 2.24) is 24.6 Å². The molecule has 0 amide bonds. The molecule has 0 saturated heterocycles. The van der Waals surface area contributed by atoms with Crippen LogP contribution in [0, 0.1) is 0 Å². The number of nitrogens with one attached hydrogen (secondary N) is 2. The number of imidazole rings is 1. The van der Waals surface area contributed by atoms with Crippen LogP contribution in [0.25, 0.3) is 16.0 Å². The van der Waals surface area contributed by atoms with Gasteiger partial charge in [0.15, 0.2) is 0 Å². The number of hydrogen-bond donors (Lipinski definition) is 2. The van der Waals surface area contributed by atoms with Crippen molar-refractivity contribution in [3.05, 3.63) is 41.8 Å². The first kappa shape index (κ1) is 11.4. The Balaban J connectivity index is 1.62. The maximum Gasteiger partial charge on any atom is 0.212 e. The van der Waals surface area contributed by atoms with Crippen LogP contribution in [0.4, 0.5) is 5.82 Å². The Hall–Kier alpha value is -2.41. The molecule has 20 heavy (non-hydrogen) atoms. The highest BCUT2D eigenvalue weighted by atomic mass is 32.1. The average Bonchev–Trinajstić information content (AvgIpc) is 3.12. The molecule has 4 aromatic heterocycles. The van der Waals surface area contributed by atoms with Crippen molar-refractivity contribution >= 4 is 33.1 Å². The molecule has 0 bridgehead atoms. The van der Waals surface area contributed by atoms with Crippen LogP contribution in [0.15, 0.2) is 36.1 Å². The summed E-state index contributed by atoms with van der Waals surface area (Å²) in [7, 11) is 0. The number of anilines is 1. The fraction of sp³-hybridized carbons (Fsp3) is 0.154. The summed E-state index contributed by atoms with van der Waals surface area (Å²) in [5.74, 6) is 0.830. The zero-order valence-corrected chi connectivity index (χ0v) is 11.6. The summed E-state index contributed by atoms with van der Waals surface area (Å²) in [6.07, 6.45) is 3.83. The quantitative estimate of drug-likeness (QED) is 0.607. The minimum atomic E-state index is 0.0730. The van der Waals surface area contributed by atoms with E-state index >= 15 is 0 Å². The Morgan fingerprint density at radius 2 is 2.25 bits per heavy atom. The molecule has 0 spiro atoms. The van der Waals surface area contributed by atoms with Gasteiger partial charge in [-0.05, 0) is 25.1 Å². The van der Waals surface area contributed by atoms with E-state index in [9.17, 15) is 0 Å². The third-order valence-corrected chi connectivity index (χ3v) is 3.91. The van der Waals surface area contributed by atoms with E-state index in [4.69, 9.17) is 0 Å². The number of fused-ring (bicyclic) bond motifs is 2. The third-order valence-electron chi connectivity index (χ3n) is 3.22. The minimum Gasteiger partial charge on any atom is -0.362 e. The second-order valence-electron chi connectivity index (χ2n) is 4.61. The van der Waals surface area contributed by atoms with Crippen molar-refractivity contribution in [2.24, 2.45) is 0 Å². The fourth-order valence-corrected chi connectivity index (χ4v) is 2.78. The molecule has 4 rings (SSSR count). The third kappa shape index (κ3) is 1.83. The molecule has 0 aliphatic carbocycles. The van der Waals surface area contributed by atoms with Crippen LogP contribution in [-0.2, 0) is 0 Å². The van der Waals surface area contributed by atoms with Gasteiger partial charge in [0, 0.05) is 11.6 Å². The lowest BCUT2D eigenvalue weighted by molar-refractivity contribution is 0.839. The first-order valence-corrected chi connectivity index (χ1v) is 7.17. The lowest BCUT2D eigenvalue weighted by atomic mass is 10.2. The summed E-state index contributed by atoms with van der Waals surface area (Å²) in [5, 5.41) is 8.65. The molecule has 0 aromatic carbocycles. The zero-order valence-electron chi connectivity index (χ0n) is 10.7. The largest absolute Gasteiger partial charge is 0.362 e. The number of pyridine rings is 1. The minimum absolute atomic E-state index is 0.0730. The van der Waals surface area contributed by atoms with E-state index in [1.807, 2.05) is 30.6 Å². The van der Waals surface area contributed by atoms with Crippen molar-refractivity contribution in [2.75, 3.05) is 5.32 Å². The molecule has 7 heteroatoms. The molecule has 2 N–H and O–H groups in total. The smallest absolute Gasteiger partial charge is 0.212 e. The van der Waals surface area contributed by atoms with Crippen LogP contribution in [0.2, 0.25) is 0 Å². The van der Waals surface area contributed by atoms with Crippen molar-refractivity contribution in [1.29, 1.82) is 0 Å². The van der Waals surface area contributed by atoms with E-state index in [0.717, 1.165) is 27.5 Å². The van der Waals surface area contributed by atoms with Gasteiger partial charge in [-0.25, -0.2) is 14.5 Å². The van der Waals surface area contributed by atoms with Gasteiger partial charge in [0.05, 0.1) is 17.9 Å². The normalized spacial score (nSPS) is 13.1. The van der Waals surface area contributed by atoms with Gasteiger partial charge in [-0.1, -0.05) is 11.3 Å². The van der Waals surface area contributed by atoms with Gasteiger partial charge >= 0.3 is 0 Å². The number of nitrogens with zero attached hydrogens (tertiary/aromatic N) is 4. The summed E-state index contributed by atoms with van der Waals surface area (Å²) in [6.45, 7) is 2.06. The van der Waals surface area contributed by atoms with Gasteiger partial charge in [0.2, 0.25) is 4.96 Å². The lowest BCUT2D eigenvalue weighted by Crippen LogP contribution is -2.08. The van der Waals surface area contributed by atoms with Crippen LogP contribution in [0.3, 0.4) is 0 Å². The Kier molecular flexibility index (Phi) is 2.46. The summed E-state index contributed by atoms with van der Waals surface area (Å²) >= 11 is 1.53. The van der Waals surface area contributed by atoms with Crippen molar-refractivity contribution < 1.29 is 0 Å². The molecule has 0 saturated carbocycles. The molecule has 1 atom stereocenters. The molecular formula is C13H12N6S. The second kappa shape index (κ2) is 4.31. The second-order valence-corrected chi connectivity index (χ2v) is 5.42. The van der Waals surface area contributed by atoms with E-state index in [0.29, 0.717) is 0 Å². The van der Waals surface area contributed by atoms with E-state index in [1.165, 1.54) is 11.3 Å². The molecule has 0 radical (unpaired) electrons. The summed E-state index contributed by atoms with van der Waals surface area (Å²) < 4.78 is 1.79. The van der Waals surface area contributed by atoms with Gasteiger partial charge in [0.25, 0.3) is 0 Å². The van der Waals surface area contributed by atoms with E-state index < -0.39 is 0 Å². The predicted molar refractivity (Wildman–Crippen MR) is 79.0 cm³/mol. The Morgan fingerprint density at radius 1 is 1.30 bits per heavy atom. The first-order chi connectivity index (χ1) is 9.79. The predicted octanol–water partition coefficient (Wildman–Crippen LogP) is 2.84. The number of hydrogen-bond acceptors (Lipinski definition) is 5. The molecule has 6 nitrogen and oxygen atoms in total. The van der Waals surface area contributed by atoms with Crippen LogP contribution < -0.4 is 5.32 Å². The molecule has 4 heterocycles. The van der Waals surface area contributed by atoms with Crippen molar-refractivity contribution in [3.8, 4) is 0 Å². The summed E-state index contributed by atoms with van der Waals surface area (Å²) in [5.41, 5.74) is 3.62. The number of H-pyrrole nitrogens is 1. The Morgan fingerprint density at radius 3 is 3.15 bits per heavy atom. The van der Waals surface area contributed by atoms with Gasteiger partial charge in [-0.3, -0.25) is 0 Å². The van der Waals surface area contributed by atoms with E-state index in [2.05, 4.69) is 32.3 Å². The molecule has 0 unspecified atom stereocenters. The summed E-state index contributed by atoms with van der Waals surface area (Å²) in [6, 6.07) is 6.10. The SMILES string of the molecule is C[C@@H](Nc1ccc2cc[nH]c2n1)c1cn2ncsc2n1. The molecule has 0 fully saturated rings. The van der Waals surface area contributed by atoms with Gasteiger partial charge in [0.1, 0.15) is 17.0 Å². The van der Waals surface area contributed by atoms with E-state index in [1.54, 1.807) is 10.0 Å². The highest BCUT2D eigenvalue weighted by Gasteiger charge is 2.12. The fourth-order valence-electron chi connectivity index (χ4n) is 2.17. The zero-order chi connectivity index (χ0) is 13.5. The van der Waals surface area contributed by atoms with Gasteiger partial charge in [-0.15, -0.1) is 0 Å².